The number of ether oxygens (including phenoxy) is 1. The first kappa shape index (κ1) is 15.2. The summed E-state index contributed by atoms with van der Waals surface area (Å²) in [7, 11) is 1.61. The Morgan fingerprint density at radius 1 is 1.48 bits per heavy atom. The normalized spacial score (nSPS) is 13.8. The van der Waals surface area contributed by atoms with E-state index >= 15 is 0 Å². The van der Waals surface area contributed by atoms with E-state index in [0.29, 0.717) is 25.7 Å². The molecule has 2 N–H and O–H groups in total. The van der Waals surface area contributed by atoms with E-state index in [2.05, 4.69) is 10.3 Å². The number of aromatic nitrogens is 1. The second-order valence-electron chi connectivity index (χ2n) is 4.93. The molecule has 2 rings (SSSR count). The van der Waals surface area contributed by atoms with Crippen molar-refractivity contribution in [2.45, 2.75) is 25.4 Å². The van der Waals surface area contributed by atoms with Gasteiger partial charge < -0.3 is 20.1 Å². The van der Waals surface area contributed by atoms with Gasteiger partial charge in [-0.15, -0.1) is 0 Å². The molecule has 0 atom stereocenters. The third-order valence-electron chi connectivity index (χ3n) is 3.27. The maximum absolute atomic E-state index is 12.1. The Kier molecular flexibility index (Phi) is 5.10. The van der Waals surface area contributed by atoms with Crippen molar-refractivity contribution in [3.8, 4) is 0 Å². The van der Waals surface area contributed by atoms with Crippen molar-refractivity contribution < 1.29 is 19.4 Å². The van der Waals surface area contributed by atoms with Gasteiger partial charge in [-0.05, 0) is 24.5 Å². The molecule has 0 bridgehead atoms. The van der Waals surface area contributed by atoms with Gasteiger partial charge in [-0.2, -0.15) is 0 Å². The van der Waals surface area contributed by atoms with Crippen molar-refractivity contribution in [3.63, 3.8) is 0 Å². The standard InChI is InChI=1S/C14H19N3O4/c1-21-7-6-17(11-3-4-11)14(20)16-9-10-2-5-12(13(18)19)15-8-10/h2,5,8,11H,3-4,6-7,9H2,1H3,(H,16,20)(H,18,19). The first-order chi connectivity index (χ1) is 10.1. The molecule has 1 saturated carbocycles. The molecule has 0 saturated heterocycles. The van der Waals surface area contributed by atoms with Gasteiger partial charge in [-0.25, -0.2) is 14.6 Å². The number of nitrogens with one attached hydrogen (secondary N) is 1. The Morgan fingerprint density at radius 2 is 2.24 bits per heavy atom. The first-order valence-corrected chi connectivity index (χ1v) is 6.83. The van der Waals surface area contributed by atoms with E-state index in [1.165, 1.54) is 12.3 Å². The molecule has 114 valence electrons. The molecule has 1 heterocycles. The highest BCUT2D eigenvalue weighted by molar-refractivity contribution is 5.85. The molecule has 21 heavy (non-hydrogen) atoms. The third kappa shape index (κ3) is 4.42. The minimum atomic E-state index is -1.06. The highest BCUT2D eigenvalue weighted by Crippen LogP contribution is 2.26. The van der Waals surface area contributed by atoms with E-state index in [-0.39, 0.29) is 11.7 Å². The number of carboxylic acids is 1. The fourth-order valence-electron chi connectivity index (χ4n) is 1.96. The largest absolute Gasteiger partial charge is 0.477 e. The van der Waals surface area contributed by atoms with Crippen molar-refractivity contribution in [1.82, 2.24) is 15.2 Å². The number of methoxy groups -OCH3 is 1. The number of amides is 2. The summed E-state index contributed by atoms with van der Waals surface area (Å²) in [5.74, 6) is -1.06. The zero-order valence-electron chi connectivity index (χ0n) is 11.9. The minimum absolute atomic E-state index is 0.00946. The van der Waals surface area contributed by atoms with Crippen LogP contribution in [0.3, 0.4) is 0 Å². The van der Waals surface area contributed by atoms with E-state index in [1.54, 1.807) is 18.1 Å². The van der Waals surface area contributed by atoms with Gasteiger partial charge in [0.05, 0.1) is 6.61 Å². The highest BCUT2D eigenvalue weighted by atomic mass is 16.5. The van der Waals surface area contributed by atoms with E-state index in [0.717, 1.165) is 18.4 Å². The molecule has 7 nitrogen and oxygen atoms in total. The smallest absolute Gasteiger partial charge is 0.354 e. The van der Waals surface area contributed by atoms with Crippen LogP contribution in [0.4, 0.5) is 4.79 Å². The van der Waals surface area contributed by atoms with E-state index in [1.807, 2.05) is 0 Å². The van der Waals surface area contributed by atoms with Crippen LogP contribution in [0.1, 0.15) is 28.9 Å². The third-order valence-corrected chi connectivity index (χ3v) is 3.27. The summed E-state index contributed by atoms with van der Waals surface area (Å²) in [6.45, 7) is 1.41. The molecule has 1 aliphatic carbocycles. The van der Waals surface area contributed by atoms with E-state index in [4.69, 9.17) is 9.84 Å². The number of pyridine rings is 1. The van der Waals surface area contributed by atoms with Crippen molar-refractivity contribution >= 4 is 12.0 Å². The summed E-state index contributed by atoms with van der Waals surface area (Å²) >= 11 is 0. The second-order valence-corrected chi connectivity index (χ2v) is 4.93. The summed E-state index contributed by atoms with van der Waals surface area (Å²) in [6, 6.07) is 3.25. The van der Waals surface area contributed by atoms with Crippen LogP contribution in [-0.2, 0) is 11.3 Å². The number of nitrogens with zero attached hydrogens (tertiary/aromatic N) is 2. The lowest BCUT2D eigenvalue weighted by Crippen LogP contribution is -2.42. The van der Waals surface area contributed by atoms with Crippen molar-refractivity contribution in [3.05, 3.63) is 29.6 Å². The molecule has 0 radical (unpaired) electrons. The Labute approximate surface area is 122 Å². The Morgan fingerprint density at radius 3 is 2.76 bits per heavy atom. The summed E-state index contributed by atoms with van der Waals surface area (Å²) in [5, 5.41) is 11.6. The molecule has 0 unspecified atom stereocenters. The average molecular weight is 293 g/mol. The monoisotopic (exact) mass is 293 g/mol. The number of aromatic carboxylic acids is 1. The van der Waals surface area contributed by atoms with Crippen LogP contribution in [0.5, 0.6) is 0 Å². The van der Waals surface area contributed by atoms with Crippen LogP contribution in [0.15, 0.2) is 18.3 Å². The molecule has 2 amide bonds. The Bertz CT molecular complexity index is 499. The van der Waals surface area contributed by atoms with Crippen LogP contribution in [0.25, 0.3) is 0 Å². The van der Waals surface area contributed by atoms with E-state index in [9.17, 15) is 9.59 Å². The molecular formula is C14H19N3O4. The molecule has 0 aromatic carbocycles. The van der Waals surface area contributed by atoms with Crippen LogP contribution < -0.4 is 5.32 Å². The van der Waals surface area contributed by atoms with Gasteiger partial charge in [-0.3, -0.25) is 0 Å². The molecule has 1 aliphatic rings. The fraction of sp³-hybridized carbons (Fsp3) is 0.500. The predicted molar refractivity (Wildman–Crippen MR) is 75.0 cm³/mol. The van der Waals surface area contributed by atoms with Crippen LogP contribution in [0, 0.1) is 0 Å². The zero-order valence-corrected chi connectivity index (χ0v) is 11.9. The number of urea groups is 1. The highest BCUT2D eigenvalue weighted by Gasteiger charge is 2.32. The van der Waals surface area contributed by atoms with Gasteiger partial charge in [0.15, 0.2) is 0 Å². The average Bonchev–Trinajstić information content (AvgIpc) is 3.30. The molecule has 0 spiro atoms. The topological polar surface area (TPSA) is 91.8 Å². The van der Waals surface area contributed by atoms with Crippen LogP contribution in [-0.4, -0.2) is 53.3 Å². The first-order valence-electron chi connectivity index (χ1n) is 6.83. The number of carbonyl (C=O) groups is 2. The van der Waals surface area contributed by atoms with Crippen LogP contribution in [0.2, 0.25) is 0 Å². The number of carbonyl (C=O) groups excluding carboxylic acids is 1. The lowest BCUT2D eigenvalue weighted by Gasteiger charge is -2.22. The second kappa shape index (κ2) is 7.03. The number of carboxylic acid groups (broad SMARTS) is 1. The number of rotatable bonds is 7. The van der Waals surface area contributed by atoms with Crippen molar-refractivity contribution in [1.29, 1.82) is 0 Å². The summed E-state index contributed by atoms with van der Waals surface area (Å²) < 4.78 is 5.01. The lowest BCUT2D eigenvalue weighted by atomic mass is 10.2. The van der Waals surface area contributed by atoms with Gasteiger partial charge in [0.2, 0.25) is 0 Å². The van der Waals surface area contributed by atoms with Crippen LogP contribution >= 0.6 is 0 Å². The van der Waals surface area contributed by atoms with Gasteiger partial charge in [0.25, 0.3) is 0 Å². The number of hydrogen-bond acceptors (Lipinski definition) is 4. The fourth-order valence-corrected chi connectivity index (χ4v) is 1.96. The predicted octanol–water partition coefficient (Wildman–Crippen LogP) is 1.10. The summed E-state index contributed by atoms with van der Waals surface area (Å²) in [6.07, 6.45) is 3.53. The SMILES string of the molecule is COCCN(C(=O)NCc1ccc(C(=O)O)nc1)C1CC1. The Balaban J connectivity index is 1.85. The van der Waals surface area contributed by atoms with Gasteiger partial charge in [0.1, 0.15) is 5.69 Å². The van der Waals surface area contributed by atoms with E-state index < -0.39 is 5.97 Å². The van der Waals surface area contributed by atoms with Gasteiger partial charge in [-0.1, -0.05) is 6.07 Å². The minimum Gasteiger partial charge on any atom is -0.477 e. The maximum atomic E-state index is 12.1. The van der Waals surface area contributed by atoms with Crippen molar-refractivity contribution in [2.75, 3.05) is 20.3 Å². The van der Waals surface area contributed by atoms with Gasteiger partial charge in [0, 0.05) is 32.4 Å². The molecule has 7 heteroatoms. The quantitative estimate of drug-likeness (QED) is 0.785. The zero-order chi connectivity index (χ0) is 15.2. The molecule has 1 fully saturated rings. The van der Waals surface area contributed by atoms with Crippen molar-refractivity contribution in [2.24, 2.45) is 0 Å². The Hall–Kier alpha value is -2.15. The molecule has 1 aromatic rings. The van der Waals surface area contributed by atoms with Gasteiger partial charge >= 0.3 is 12.0 Å². The number of hydrogen-bond donors (Lipinski definition) is 2. The molecule has 1 aromatic heterocycles. The summed E-state index contributed by atoms with van der Waals surface area (Å²) in [4.78, 5) is 28.4. The molecule has 0 aliphatic heterocycles. The summed E-state index contributed by atoms with van der Waals surface area (Å²) in [5.41, 5.74) is 0.751. The molecular weight excluding hydrogens is 274 g/mol. The maximum Gasteiger partial charge on any atom is 0.354 e. The lowest BCUT2D eigenvalue weighted by molar-refractivity contribution is 0.0690.